The maximum atomic E-state index is 12.5. The molecule has 2 aromatic carbocycles. The van der Waals surface area contributed by atoms with Crippen molar-refractivity contribution in [1.29, 1.82) is 0 Å². The second-order valence-electron chi connectivity index (χ2n) is 11.6. The summed E-state index contributed by atoms with van der Waals surface area (Å²) in [6, 6.07) is 14.5. The number of hydrogen-bond donors (Lipinski definition) is 2. The number of aliphatic hydroxyl groups is 2. The molecular weight excluding hydrogens is 456 g/mol. The van der Waals surface area contributed by atoms with Gasteiger partial charge < -0.3 is 14.6 Å². The van der Waals surface area contributed by atoms with Crippen molar-refractivity contribution in [2.75, 3.05) is 0 Å². The topological polar surface area (TPSA) is 83.8 Å². The smallest absolute Gasteiger partial charge is 0.193 e. The zero-order chi connectivity index (χ0) is 27.0. The van der Waals surface area contributed by atoms with Crippen molar-refractivity contribution in [3.63, 3.8) is 0 Å². The van der Waals surface area contributed by atoms with E-state index < -0.39 is 25.6 Å². The summed E-state index contributed by atoms with van der Waals surface area (Å²) < 4.78 is 6.95. The first-order chi connectivity index (χ1) is 15.8. The molecule has 6 heteroatoms. The molecule has 0 saturated heterocycles. The van der Waals surface area contributed by atoms with Crippen LogP contribution in [-0.2, 0) is 14.8 Å². The van der Waals surface area contributed by atoms with Crippen LogP contribution < -0.4 is 0 Å². The van der Waals surface area contributed by atoms with Gasteiger partial charge in [-0.15, -0.1) is 0 Å². The summed E-state index contributed by atoms with van der Waals surface area (Å²) in [6.45, 7) is 19.2. The molecule has 0 fully saturated rings. The second kappa shape index (κ2) is 10.1. The van der Waals surface area contributed by atoms with E-state index in [0.717, 1.165) is 11.1 Å². The molecule has 0 bridgehead atoms. The van der Waals surface area contributed by atoms with Gasteiger partial charge >= 0.3 is 0 Å². The summed E-state index contributed by atoms with van der Waals surface area (Å²) in [5.41, 5.74) is -0.249. The van der Waals surface area contributed by atoms with Gasteiger partial charge in [-0.05, 0) is 68.4 Å². The zero-order valence-corrected chi connectivity index (χ0v) is 23.9. The number of rotatable bonds is 10. The fourth-order valence-electron chi connectivity index (χ4n) is 3.82. The minimum Gasteiger partial charge on any atom is -0.406 e. The van der Waals surface area contributed by atoms with E-state index in [1.165, 1.54) is 27.7 Å². The Labute approximate surface area is 211 Å². The Hall–Kier alpha value is -2.12. The molecular formula is C29H42O5Si. The van der Waals surface area contributed by atoms with Crippen LogP contribution in [0.25, 0.3) is 0 Å². The van der Waals surface area contributed by atoms with Crippen LogP contribution in [0.15, 0.2) is 48.5 Å². The molecule has 0 heterocycles. The molecule has 35 heavy (non-hydrogen) atoms. The molecule has 2 aromatic rings. The first kappa shape index (κ1) is 29.1. The number of benzene rings is 2. The van der Waals surface area contributed by atoms with Crippen LogP contribution in [-0.4, -0.2) is 35.7 Å². The monoisotopic (exact) mass is 498 g/mol. The van der Waals surface area contributed by atoms with E-state index >= 15 is 0 Å². The van der Waals surface area contributed by atoms with E-state index in [9.17, 15) is 19.8 Å². The third-order valence-electron chi connectivity index (χ3n) is 7.90. The van der Waals surface area contributed by atoms with Crippen molar-refractivity contribution in [3.8, 4) is 0 Å². The van der Waals surface area contributed by atoms with Gasteiger partial charge in [0.25, 0.3) is 0 Å². The summed E-state index contributed by atoms with van der Waals surface area (Å²) in [4.78, 5) is 24.4. The van der Waals surface area contributed by atoms with Crippen LogP contribution in [0.4, 0.5) is 0 Å². The quantitative estimate of drug-likeness (QED) is 0.302. The minimum atomic E-state index is -2.27. The lowest BCUT2D eigenvalue weighted by molar-refractivity contribution is -0.134. The van der Waals surface area contributed by atoms with E-state index in [1.807, 2.05) is 24.3 Å². The molecule has 0 aromatic heterocycles. The molecule has 0 saturated carbocycles. The van der Waals surface area contributed by atoms with Crippen molar-refractivity contribution in [3.05, 3.63) is 70.8 Å². The van der Waals surface area contributed by atoms with Crippen LogP contribution in [0.2, 0.25) is 18.1 Å². The highest BCUT2D eigenvalue weighted by atomic mass is 28.4. The molecule has 0 aliphatic rings. The predicted octanol–water partition coefficient (Wildman–Crippen LogP) is 6.18. The highest BCUT2D eigenvalue weighted by Crippen LogP contribution is 2.47. The summed E-state index contributed by atoms with van der Waals surface area (Å²) in [5, 5.41) is 20.7. The first-order valence-electron chi connectivity index (χ1n) is 12.2. The molecule has 0 amide bonds. The zero-order valence-electron chi connectivity index (χ0n) is 22.9. The van der Waals surface area contributed by atoms with Gasteiger partial charge in [-0.25, -0.2) is 0 Å². The van der Waals surface area contributed by atoms with Crippen LogP contribution in [0.5, 0.6) is 0 Å². The van der Waals surface area contributed by atoms with Gasteiger partial charge in [-0.3, -0.25) is 9.59 Å². The molecule has 0 spiro atoms. The van der Waals surface area contributed by atoms with Crippen molar-refractivity contribution >= 4 is 19.9 Å². The summed E-state index contributed by atoms with van der Waals surface area (Å²) in [7, 11) is -2.27. The molecule has 2 atom stereocenters. The maximum Gasteiger partial charge on any atom is 0.193 e. The molecule has 0 aliphatic heterocycles. The lowest BCUT2D eigenvalue weighted by atomic mass is 9.90. The Morgan fingerprint density at radius 3 is 1.63 bits per heavy atom. The molecule has 0 aliphatic carbocycles. The number of hydrogen-bond acceptors (Lipinski definition) is 5. The van der Waals surface area contributed by atoms with Crippen molar-refractivity contribution in [1.82, 2.24) is 0 Å². The highest BCUT2D eigenvalue weighted by molar-refractivity contribution is 6.74. The molecule has 5 nitrogen and oxygen atoms in total. The lowest BCUT2D eigenvalue weighted by Crippen LogP contribution is -2.46. The summed E-state index contributed by atoms with van der Waals surface area (Å²) >= 11 is 0. The number of carbonyl (C=O) groups excluding carboxylic acids is 2. The van der Waals surface area contributed by atoms with Crippen LogP contribution in [0.3, 0.4) is 0 Å². The molecule has 192 valence electrons. The first-order valence-corrected chi connectivity index (χ1v) is 15.1. The Bertz CT molecular complexity index is 1040. The van der Waals surface area contributed by atoms with Gasteiger partial charge in [0.2, 0.25) is 0 Å². The van der Waals surface area contributed by atoms with E-state index in [2.05, 4.69) is 40.8 Å². The second-order valence-corrected chi connectivity index (χ2v) is 16.2. The average molecular weight is 499 g/mol. The van der Waals surface area contributed by atoms with Gasteiger partial charge in [0, 0.05) is 5.56 Å². The van der Waals surface area contributed by atoms with Crippen molar-refractivity contribution in [2.45, 2.75) is 90.8 Å². The van der Waals surface area contributed by atoms with Crippen LogP contribution >= 0.6 is 0 Å². The third kappa shape index (κ3) is 6.18. The van der Waals surface area contributed by atoms with E-state index in [1.54, 1.807) is 24.3 Å². The van der Waals surface area contributed by atoms with Gasteiger partial charge in [-0.2, -0.15) is 0 Å². The predicted molar refractivity (Wildman–Crippen MR) is 143 cm³/mol. The Morgan fingerprint density at radius 2 is 1.26 bits per heavy atom. The maximum absolute atomic E-state index is 12.5. The fraction of sp³-hybridized carbons (Fsp3) is 0.517. The van der Waals surface area contributed by atoms with Crippen LogP contribution in [0, 0.1) is 5.92 Å². The summed E-state index contributed by atoms with van der Waals surface area (Å²) in [5.74, 6) is -0.241. The molecule has 0 radical (unpaired) electrons. The normalized spacial score (nSPS) is 15.6. The van der Waals surface area contributed by atoms with Gasteiger partial charge in [0.1, 0.15) is 11.2 Å². The Kier molecular flexibility index (Phi) is 8.39. The van der Waals surface area contributed by atoms with Gasteiger partial charge in [0.15, 0.2) is 19.9 Å². The lowest BCUT2D eigenvalue weighted by Gasteiger charge is -2.44. The van der Waals surface area contributed by atoms with Crippen molar-refractivity contribution in [2.24, 2.45) is 5.92 Å². The van der Waals surface area contributed by atoms with Gasteiger partial charge in [-0.1, -0.05) is 76.2 Å². The SMILES string of the molecule is CC(=O)C(C)(O)c1ccc(C(O[Si](C)(C)C(C)(C)C(C)C)c2ccc(C(=O)C(C)(C)O)cc2)cc1. The van der Waals surface area contributed by atoms with E-state index in [-0.39, 0.29) is 16.6 Å². The average Bonchev–Trinajstić information content (AvgIpc) is 2.76. The fourth-order valence-corrected chi connectivity index (χ4v) is 6.37. The van der Waals surface area contributed by atoms with Crippen molar-refractivity contribution < 1.29 is 24.2 Å². The highest BCUT2D eigenvalue weighted by Gasteiger charge is 2.45. The van der Waals surface area contributed by atoms with Crippen LogP contribution in [0.1, 0.15) is 88.5 Å². The molecule has 2 unspecified atom stereocenters. The molecule has 2 N–H and O–H groups in total. The standard InChI is InChI=1S/C29H42O5Si/c1-19(2)28(6,7)35(9,10)34-25(21-11-13-23(14-12-21)26(31)27(4,5)32)22-15-17-24(18-16-22)29(8,33)20(3)30/h11-19,25,32-33H,1-10H3. The Morgan fingerprint density at radius 1 is 0.829 bits per heavy atom. The number of carbonyl (C=O) groups is 2. The number of Topliss-reactive ketones (excluding diaryl/α,β-unsaturated/α-hetero) is 2. The largest absolute Gasteiger partial charge is 0.406 e. The van der Waals surface area contributed by atoms with Gasteiger partial charge in [0.05, 0.1) is 6.10 Å². The summed E-state index contributed by atoms with van der Waals surface area (Å²) in [6.07, 6.45) is -0.391. The molecule has 2 rings (SSSR count). The van der Waals surface area contributed by atoms with E-state index in [0.29, 0.717) is 17.0 Å². The Balaban J connectivity index is 2.56. The van der Waals surface area contributed by atoms with E-state index in [4.69, 9.17) is 4.43 Å². The number of ketones is 2. The minimum absolute atomic E-state index is 0.0136. The third-order valence-corrected chi connectivity index (χ3v) is 12.4.